The first kappa shape index (κ1) is 13.7. The van der Waals surface area contributed by atoms with E-state index in [0.29, 0.717) is 6.07 Å². The van der Waals surface area contributed by atoms with Gasteiger partial charge in [-0.25, -0.2) is 17.2 Å². The highest BCUT2D eigenvalue weighted by molar-refractivity contribution is 7.89. The fraction of sp³-hybridized carbons (Fsp3) is 0.500. The Bertz CT molecular complexity index is 638. The number of nitrogens with zero attached hydrogens (tertiary/aromatic N) is 1. The second-order valence-corrected chi connectivity index (χ2v) is 6.99. The van der Waals surface area contributed by atoms with E-state index < -0.39 is 26.6 Å². The zero-order valence-electron chi connectivity index (χ0n) is 10.6. The predicted molar refractivity (Wildman–Crippen MR) is 67.4 cm³/mol. The summed E-state index contributed by atoms with van der Waals surface area (Å²) in [5, 5.41) is 0. The number of fused-ring (bicyclic) bond motifs is 2. The Hall–Kier alpha value is -1.25. The van der Waals surface area contributed by atoms with Crippen LogP contribution >= 0.6 is 0 Å². The number of rotatable bonds is 2. The first-order valence-corrected chi connectivity index (χ1v) is 7.72. The molecule has 2 fully saturated rings. The molecule has 0 aromatic heterocycles. The van der Waals surface area contributed by atoms with Crippen molar-refractivity contribution in [2.24, 2.45) is 0 Å². The van der Waals surface area contributed by atoms with Crippen LogP contribution in [0.4, 0.5) is 14.5 Å². The molecule has 0 amide bonds. The van der Waals surface area contributed by atoms with E-state index in [2.05, 4.69) is 0 Å². The average Bonchev–Trinajstić information content (AvgIpc) is 2.72. The van der Waals surface area contributed by atoms with Crippen molar-refractivity contribution in [2.75, 3.05) is 18.8 Å². The van der Waals surface area contributed by atoms with Crippen LogP contribution in [-0.4, -0.2) is 38.0 Å². The SMILES string of the molecule is Nc1cc(S(=O)(=O)N2CC3CCC(C2)O3)c(F)cc1F. The molecule has 0 spiro atoms. The van der Waals surface area contributed by atoms with E-state index in [4.69, 9.17) is 10.5 Å². The molecule has 0 aliphatic carbocycles. The molecule has 0 saturated carbocycles. The van der Waals surface area contributed by atoms with Crippen LogP contribution in [0.15, 0.2) is 17.0 Å². The molecule has 0 radical (unpaired) electrons. The maximum Gasteiger partial charge on any atom is 0.246 e. The van der Waals surface area contributed by atoms with Crippen LogP contribution in [0.2, 0.25) is 0 Å². The lowest BCUT2D eigenvalue weighted by atomic mass is 10.2. The van der Waals surface area contributed by atoms with Gasteiger partial charge in [-0.05, 0) is 18.9 Å². The lowest BCUT2D eigenvalue weighted by Crippen LogP contribution is -2.45. The molecule has 2 bridgehead atoms. The third-order valence-electron chi connectivity index (χ3n) is 3.68. The van der Waals surface area contributed by atoms with Gasteiger partial charge in [0.2, 0.25) is 10.0 Å². The number of nitrogen functional groups attached to an aromatic ring is 1. The molecule has 2 heterocycles. The number of hydrogen-bond donors (Lipinski definition) is 1. The molecule has 110 valence electrons. The Kier molecular flexibility index (Phi) is 3.19. The third-order valence-corrected chi connectivity index (χ3v) is 5.53. The number of hydrogen-bond acceptors (Lipinski definition) is 4. The van der Waals surface area contributed by atoms with Gasteiger partial charge in [-0.15, -0.1) is 0 Å². The highest BCUT2D eigenvalue weighted by Gasteiger charge is 2.40. The number of nitrogens with two attached hydrogens (primary N) is 1. The van der Waals surface area contributed by atoms with E-state index in [1.807, 2.05) is 0 Å². The van der Waals surface area contributed by atoms with Gasteiger partial charge in [0.1, 0.15) is 16.5 Å². The lowest BCUT2D eigenvalue weighted by molar-refractivity contribution is -0.0115. The summed E-state index contributed by atoms with van der Waals surface area (Å²) in [6, 6.07) is 1.33. The Morgan fingerprint density at radius 3 is 2.35 bits per heavy atom. The van der Waals surface area contributed by atoms with Gasteiger partial charge >= 0.3 is 0 Å². The highest BCUT2D eigenvalue weighted by atomic mass is 32.2. The molecule has 2 unspecified atom stereocenters. The van der Waals surface area contributed by atoms with E-state index in [-0.39, 0.29) is 31.0 Å². The molecule has 2 N–H and O–H groups in total. The fourth-order valence-corrected chi connectivity index (χ4v) is 4.24. The van der Waals surface area contributed by atoms with Crippen LogP contribution in [0.1, 0.15) is 12.8 Å². The van der Waals surface area contributed by atoms with E-state index in [0.717, 1.165) is 18.9 Å². The maximum atomic E-state index is 13.8. The van der Waals surface area contributed by atoms with E-state index in [9.17, 15) is 17.2 Å². The van der Waals surface area contributed by atoms with E-state index in [1.165, 1.54) is 4.31 Å². The molecule has 2 saturated heterocycles. The molecular formula is C12H14F2N2O3S. The van der Waals surface area contributed by atoms with Crippen molar-refractivity contribution in [1.82, 2.24) is 4.31 Å². The van der Waals surface area contributed by atoms with Crippen LogP contribution in [0.5, 0.6) is 0 Å². The smallest absolute Gasteiger partial charge is 0.246 e. The minimum absolute atomic E-state index is 0.149. The highest BCUT2D eigenvalue weighted by Crippen LogP contribution is 2.31. The molecule has 1 aromatic rings. The molecule has 2 atom stereocenters. The van der Waals surface area contributed by atoms with Gasteiger partial charge in [-0.3, -0.25) is 0 Å². The van der Waals surface area contributed by atoms with Gasteiger partial charge in [0.05, 0.1) is 17.9 Å². The zero-order chi connectivity index (χ0) is 14.5. The molecule has 2 aliphatic rings. The van der Waals surface area contributed by atoms with E-state index >= 15 is 0 Å². The summed E-state index contributed by atoms with van der Waals surface area (Å²) >= 11 is 0. The van der Waals surface area contributed by atoms with Crippen molar-refractivity contribution in [2.45, 2.75) is 29.9 Å². The summed E-state index contributed by atoms with van der Waals surface area (Å²) < 4.78 is 58.5. The Labute approximate surface area is 115 Å². The fourth-order valence-electron chi connectivity index (χ4n) is 2.66. The molecular weight excluding hydrogens is 290 g/mol. The van der Waals surface area contributed by atoms with Crippen LogP contribution < -0.4 is 5.73 Å². The second-order valence-electron chi connectivity index (χ2n) is 5.08. The Morgan fingerprint density at radius 2 is 1.75 bits per heavy atom. The van der Waals surface area contributed by atoms with Crippen molar-refractivity contribution in [3.8, 4) is 0 Å². The Morgan fingerprint density at radius 1 is 1.15 bits per heavy atom. The molecule has 2 aliphatic heterocycles. The average molecular weight is 304 g/mol. The van der Waals surface area contributed by atoms with E-state index in [1.54, 1.807) is 0 Å². The number of ether oxygens (including phenoxy) is 1. The normalized spacial score (nSPS) is 26.9. The molecule has 20 heavy (non-hydrogen) atoms. The number of sulfonamides is 1. The quantitative estimate of drug-likeness (QED) is 0.830. The topological polar surface area (TPSA) is 72.6 Å². The number of anilines is 1. The first-order valence-electron chi connectivity index (χ1n) is 6.28. The second kappa shape index (κ2) is 4.64. The molecule has 3 rings (SSSR count). The summed E-state index contributed by atoms with van der Waals surface area (Å²) in [5.74, 6) is -2.10. The predicted octanol–water partition coefficient (Wildman–Crippen LogP) is 1.10. The largest absolute Gasteiger partial charge is 0.396 e. The van der Waals surface area contributed by atoms with Crippen LogP contribution in [0.3, 0.4) is 0 Å². The van der Waals surface area contributed by atoms with Gasteiger partial charge in [0.15, 0.2) is 0 Å². The summed E-state index contributed by atoms with van der Waals surface area (Å²) in [7, 11) is -4.03. The van der Waals surface area contributed by atoms with Crippen molar-refractivity contribution >= 4 is 15.7 Å². The first-order chi connectivity index (χ1) is 9.38. The van der Waals surface area contributed by atoms with Gasteiger partial charge in [-0.1, -0.05) is 0 Å². The summed E-state index contributed by atoms with van der Waals surface area (Å²) in [4.78, 5) is -0.585. The van der Waals surface area contributed by atoms with Crippen LogP contribution in [0.25, 0.3) is 0 Å². The lowest BCUT2D eigenvalue weighted by Gasteiger charge is -2.31. The number of morpholine rings is 1. The van der Waals surface area contributed by atoms with Crippen LogP contribution in [0, 0.1) is 11.6 Å². The monoisotopic (exact) mass is 304 g/mol. The van der Waals surface area contributed by atoms with Gasteiger partial charge < -0.3 is 10.5 Å². The number of benzene rings is 1. The van der Waals surface area contributed by atoms with Crippen molar-refractivity contribution in [1.29, 1.82) is 0 Å². The molecule has 1 aromatic carbocycles. The summed E-state index contributed by atoms with van der Waals surface area (Å²) in [6.45, 7) is 0.380. The summed E-state index contributed by atoms with van der Waals surface area (Å²) in [6.07, 6.45) is 1.30. The molecule has 5 nitrogen and oxygen atoms in total. The Balaban J connectivity index is 1.98. The van der Waals surface area contributed by atoms with Gasteiger partial charge in [0.25, 0.3) is 0 Å². The minimum Gasteiger partial charge on any atom is -0.396 e. The van der Waals surface area contributed by atoms with Gasteiger partial charge in [0, 0.05) is 19.2 Å². The van der Waals surface area contributed by atoms with Gasteiger partial charge in [-0.2, -0.15) is 4.31 Å². The van der Waals surface area contributed by atoms with Crippen molar-refractivity contribution in [3.63, 3.8) is 0 Å². The van der Waals surface area contributed by atoms with Crippen LogP contribution in [-0.2, 0) is 14.8 Å². The van der Waals surface area contributed by atoms with Crippen molar-refractivity contribution in [3.05, 3.63) is 23.8 Å². The van der Waals surface area contributed by atoms with Crippen molar-refractivity contribution < 1.29 is 21.9 Å². The minimum atomic E-state index is -4.03. The number of halogens is 2. The zero-order valence-corrected chi connectivity index (χ0v) is 11.4. The standard InChI is InChI=1S/C12H14F2N2O3S/c13-9-3-10(14)12(4-11(9)15)20(17,18)16-5-7-1-2-8(6-16)19-7/h3-4,7-8H,1-2,5-6,15H2. The third kappa shape index (κ3) is 2.17. The maximum absolute atomic E-state index is 13.8. The molecule has 8 heteroatoms. The summed E-state index contributed by atoms with van der Waals surface area (Å²) in [5.41, 5.74) is 4.95.